The number of hydrogen-bond acceptors (Lipinski definition) is 7. The van der Waals surface area contributed by atoms with Gasteiger partial charge in [0.1, 0.15) is 6.04 Å². The number of benzene rings is 3. The Kier molecular flexibility index (Phi) is 12.8. The summed E-state index contributed by atoms with van der Waals surface area (Å²) in [7, 11) is 1.60. The van der Waals surface area contributed by atoms with Crippen LogP contribution in [-0.4, -0.2) is 61.0 Å². The summed E-state index contributed by atoms with van der Waals surface area (Å²) in [5.41, 5.74) is 2.17. The fourth-order valence-corrected chi connectivity index (χ4v) is 4.77. The molecular weight excluding hydrogens is 623 g/mol. The summed E-state index contributed by atoms with van der Waals surface area (Å²) < 4.78 is 10.3. The Hall–Kier alpha value is -4.61. The Labute approximate surface area is 271 Å². The van der Waals surface area contributed by atoms with Gasteiger partial charge in [0.2, 0.25) is 6.41 Å². The lowest BCUT2D eigenvalue weighted by Gasteiger charge is -2.20. The van der Waals surface area contributed by atoms with Gasteiger partial charge >= 0.3 is 12.1 Å². The summed E-state index contributed by atoms with van der Waals surface area (Å²) in [5, 5.41) is 8.29. The predicted molar refractivity (Wildman–Crippen MR) is 172 cm³/mol. The van der Waals surface area contributed by atoms with Gasteiger partial charge in [0.15, 0.2) is 0 Å². The van der Waals surface area contributed by atoms with Crippen LogP contribution in [0.4, 0.5) is 16.2 Å². The van der Waals surface area contributed by atoms with E-state index in [-0.39, 0.29) is 46.4 Å². The van der Waals surface area contributed by atoms with E-state index >= 15 is 0 Å². The number of nitrogens with one attached hydrogen (secondary N) is 3. The van der Waals surface area contributed by atoms with E-state index in [4.69, 9.17) is 32.7 Å². The lowest BCUT2D eigenvalue weighted by atomic mass is 10.0. The van der Waals surface area contributed by atoms with Crippen LogP contribution in [0.1, 0.15) is 52.6 Å². The fourth-order valence-electron chi connectivity index (χ4n) is 4.20. The maximum Gasteiger partial charge on any atom is 0.411 e. The van der Waals surface area contributed by atoms with Gasteiger partial charge in [-0.3, -0.25) is 19.7 Å². The maximum absolute atomic E-state index is 13.3. The molecule has 0 aliphatic heterocycles. The number of anilines is 2. The second kappa shape index (κ2) is 16.5. The van der Waals surface area contributed by atoms with Crippen LogP contribution in [0, 0.1) is 0 Å². The zero-order valence-corrected chi connectivity index (χ0v) is 26.7. The topological polar surface area (TPSA) is 143 Å². The van der Waals surface area contributed by atoms with E-state index in [2.05, 4.69) is 16.0 Å². The zero-order valence-electron chi connectivity index (χ0n) is 25.2. The normalized spacial score (nSPS) is 11.3. The van der Waals surface area contributed by atoms with Crippen molar-refractivity contribution in [1.29, 1.82) is 0 Å². The molecule has 0 saturated heterocycles. The Morgan fingerprint density at radius 1 is 0.911 bits per heavy atom. The maximum atomic E-state index is 13.3. The van der Waals surface area contributed by atoms with E-state index in [1.165, 1.54) is 17.0 Å². The molecule has 0 radical (unpaired) electrons. The van der Waals surface area contributed by atoms with Crippen molar-refractivity contribution in [2.45, 2.75) is 45.9 Å². The van der Waals surface area contributed by atoms with Gasteiger partial charge in [0.25, 0.3) is 11.8 Å². The first-order chi connectivity index (χ1) is 21.4. The second-order valence-electron chi connectivity index (χ2n) is 10.2. The van der Waals surface area contributed by atoms with Crippen LogP contribution in [0.15, 0.2) is 60.7 Å². The largest absolute Gasteiger partial charge is 0.461 e. The minimum absolute atomic E-state index is 0.0416. The molecule has 11 nitrogen and oxygen atoms in total. The number of amides is 4. The van der Waals surface area contributed by atoms with E-state index in [1.807, 2.05) is 0 Å². The van der Waals surface area contributed by atoms with Crippen molar-refractivity contribution in [2.75, 3.05) is 24.3 Å². The van der Waals surface area contributed by atoms with Crippen molar-refractivity contribution in [3.63, 3.8) is 0 Å². The lowest BCUT2D eigenvalue weighted by molar-refractivity contribution is -0.149. The number of carbonyl (C=O) groups excluding carboxylic acids is 5. The number of carbonyl (C=O) groups is 5. The smallest absolute Gasteiger partial charge is 0.411 e. The molecule has 0 unspecified atom stereocenters. The van der Waals surface area contributed by atoms with Crippen LogP contribution in [0.2, 0.25) is 10.0 Å². The monoisotopic (exact) mass is 656 g/mol. The molecule has 13 heteroatoms. The second-order valence-corrected chi connectivity index (χ2v) is 11.0. The predicted octanol–water partition coefficient (Wildman–Crippen LogP) is 5.70. The molecule has 1 atom stereocenters. The number of hydrogen-bond donors (Lipinski definition) is 3. The van der Waals surface area contributed by atoms with Crippen LogP contribution in [0.25, 0.3) is 0 Å². The molecule has 0 heterocycles. The van der Waals surface area contributed by atoms with E-state index < -0.39 is 36.0 Å². The van der Waals surface area contributed by atoms with E-state index in [1.54, 1.807) is 76.3 Å². The number of nitrogens with zero attached hydrogens (tertiary/aromatic N) is 1. The third-order valence-corrected chi connectivity index (χ3v) is 6.87. The van der Waals surface area contributed by atoms with Gasteiger partial charge in [0, 0.05) is 25.7 Å². The highest BCUT2D eigenvalue weighted by molar-refractivity contribution is 6.39. The average Bonchev–Trinajstić information content (AvgIpc) is 2.98. The van der Waals surface area contributed by atoms with Crippen LogP contribution in [-0.2, 0) is 32.0 Å². The van der Waals surface area contributed by atoms with Crippen LogP contribution < -0.4 is 16.0 Å². The first-order valence-corrected chi connectivity index (χ1v) is 14.7. The van der Waals surface area contributed by atoms with E-state index in [0.29, 0.717) is 23.2 Å². The van der Waals surface area contributed by atoms with Gasteiger partial charge in [-0.15, -0.1) is 0 Å². The van der Waals surface area contributed by atoms with E-state index in [0.717, 1.165) is 0 Å². The van der Waals surface area contributed by atoms with Crippen LogP contribution >= 0.6 is 23.2 Å². The summed E-state index contributed by atoms with van der Waals surface area (Å²) in [6, 6.07) is 15.0. The molecule has 0 aliphatic carbocycles. The molecule has 3 aromatic carbocycles. The average molecular weight is 658 g/mol. The number of halogens is 2. The molecule has 0 aliphatic rings. The Bertz CT molecular complexity index is 1530. The van der Waals surface area contributed by atoms with Crippen molar-refractivity contribution in [3.05, 3.63) is 93.0 Å². The quantitative estimate of drug-likeness (QED) is 0.158. The molecular formula is C32H34Cl2N4O7. The summed E-state index contributed by atoms with van der Waals surface area (Å²) in [6.45, 7) is 5.45. The van der Waals surface area contributed by atoms with Gasteiger partial charge in [-0.2, -0.15) is 0 Å². The molecule has 3 N–H and O–H groups in total. The molecule has 45 heavy (non-hydrogen) atoms. The highest BCUT2D eigenvalue weighted by Gasteiger charge is 2.26. The molecule has 3 rings (SSSR count). The minimum Gasteiger partial charge on any atom is -0.461 e. The van der Waals surface area contributed by atoms with E-state index in [9.17, 15) is 24.0 Å². The van der Waals surface area contributed by atoms with Crippen molar-refractivity contribution >= 4 is 64.9 Å². The summed E-state index contributed by atoms with van der Waals surface area (Å²) in [4.78, 5) is 63.8. The molecule has 0 spiro atoms. The summed E-state index contributed by atoms with van der Waals surface area (Å²) in [6.07, 6.45) is -0.397. The number of esters is 1. The van der Waals surface area contributed by atoms with Crippen LogP contribution in [0.5, 0.6) is 0 Å². The Morgan fingerprint density at radius 2 is 1.56 bits per heavy atom. The van der Waals surface area contributed by atoms with Crippen molar-refractivity contribution < 1.29 is 33.4 Å². The first kappa shape index (κ1) is 34.9. The fraction of sp³-hybridized carbons (Fsp3) is 0.281. The molecule has 238 valence electrons. The van der Waals surface area contributed by atoms with Crippen molar-refractivity contribution in [1.82, 2.24) is 10.2 Å². The molecule has 0 bridgehead atoms. The molecule has 0 fully saturated rings. The number of ether oxygens (including phenoxy) is 2. The van der Waals surface area contributed by atoms with Gasteiger partial charge in [-0.05, 0) is 68.3 Å². The first-order valence-electron chi connectivity index (χ1n) is 14.0. The number of rotatable bonds is 13. The standard InChI is InChI=1S/C32H34Cl2N4O7/c1-5-44-32(43)37-26-14-11-21(17-38(4)18-39)15-23(26)29(40)35-22-12-9-20(10-13-22)16-27(31(42)45-19(2)3)36-30(41)28-24(33)7-6-8-25(28)34/h6-15,18-19,27H,5,16-17H2,1-4H3,(H,35,40)(H,36,41)(H,37,43)/t27-/m0/s1. The molecule has 3 aromatic rings. The zero-order chi connectivity index (χ0) is 33.1. The van der Waals surface area contributed by atoms with Gasteiger partial charge in [-0.1, -0.05) is 47.5 Å². The molecule has 4 amide bonds. The Morgan fingerprint density at radius 3 is 2.16 bits per heavy atom. The van der Waals surface area contributed by atoms with Crippen molar-refractivity contribution in [3.8, 4) is 0 Å². The van der Waals surface area contributed by atoms with Gasteiger partial charge in [-0.25, -0.2) is 9.59 Å². The third kappa shape index (κ3) is 10.2. The Balaban J connectivity index is 1.80. The highest BCUT2D eigenvalue weighted by Crippen LogP contribution is 2.25. The summed E-state index contributed by atoms with van der Waals surface area (Å²) in [5.74, 6) is -1.79. The van der Waals surface area contributed by atoms with Crippen LogP contribution in [0.3, 0.4) is 0 Å². The molecule has 0 saturated carbocycles. The van der Waals surface area contributed by atoms with Crippen molar-refractivity contribution in [2.24, 2.45) is 0 Å². The SMILES string of the molecule is CCOC(=O)Nc1ccc(CN(C)C=O)cc1C(=O)Nc1ccc(C[C@H](NC(=O)c2c(Cl)cccc2Cl)C(=O)OC(C)C)cc1. The minimum atomic E-state index is -1.06. The third-order valence-electron chi connectivity index (χ3n) is 6.24. The highest BCUT2D eigenvalue weighted by atomic mass is 35.5. The molecule has 0 aromatic heterocycles. The summed E-state index contributed by atoms with van der Waals surface area (Å²) >= 11 is 12.4. The van der Waals surface area contributed by atoms with Gasteiger partial charge in [0.05, 0.1) is 39.6 Å². The van der Waals surface area contributed by atoms with Gasteiger partial charge < -0.3 is 25.0 Å². The lowest BCUT2D eigenvalue weighted by Crippen LogP contribution is -2.44.